The molecule has 2 saturated heterocycles. The number of amides is 1. The van der Waals surface area contributed by atoms with Crippen LogP contribution in [-0.4, -0.2) is 70.9 Å². The lowest BCUT2D eigenvalue weighted by Gasteiger charge is -2.36. The van der Waals surface area contributed by atoms with Gasteiger partial charge < -0.3 is 19.9 Å². The van der Waals surface area contributed by atoms with Gasteiger partial charge in [-0.1, -0.05) is 0 Å². The Morgan fingerprint density at radius 2 is 1.73 bits per heavy atom. The summed E-state index contributed by atoms with van der Waals surface area (Å²) in [6, 6.07) is 2.28. The number of pyridine rings is 1. The minimum Gasteiger partial charge on any atom is -0.380 e. The predicted molar refractivity (Wildman–Crippen MR) is 119 cm³/mol. The Kier molecular flexibility index (Phi) is 7.62. The molecule has 202 valence electrons. The highest BCUT2D eigenvalue weighted by Crippen LogP contribution is 2.32. The van der Waals surface area contributed by atoms with Gasteiger partial charge in [-0.3, -0.25) is 9.59 Å². The van der Waals surface area contributed by atoms with Crippen molar-refractivity contribution in [2.75, 3.05) is 42.9 Å². The van der Waals surface area contributed by atoms with Crippen LogP contribution in [0.5, 0.6) is 0 Å². The molecule has 0 unspecified atom stereocenters. The van der Waals surface area contributed by atoms with Crippen LogP contribution in [0.2, 0.25) is 0 Å². The molecule has 0 aromatic carbocycles. The lowest BCUT2D eigenvalue weighted by molar-refractivity contribution is -0.138. The van der Waals surface area contributed by atoms with E-state index in [0.717, 1.165) is 18.5 Å². The van der Waals surface area contributed by atoms with Gasteiger partial charge in [-0.05, 0) is 25.0 Å². The van der Waals surface area contributed by atoms with Crippen LogP contribution in [0, 0.1) is 0 Å². The summed E-state index contributed by atoms with van der Waals surface area (Å²) in [5.41, 5.74) is -3.98. The number of hydrogen-bond donors (Lipinski definition) is 2. The second-order valence-corrected chi connectivity index (χ2v) is 8.80. The van der Waals surface area contributed by atoms with Crippen LogP contribution in [-0.2, 0) is 21.9 Å². The summed E-state index contributed by atoms with van der Waals surface area (Å²) in [5, 5.41) is 7.75. The van der Waals surface area contributed by atoms with Crippen molar-refractivity contribution in [2.24, 2.45) is 0 Å². The Morgan fingerprint density at radius 3 is 2.35 bits per heavy atom. The summed E-state index contributed by atoms with van der Waals surface area (Å²) in [5.74, 6) is 0.260. The topological polar surface area (TPSA) is 103 Å². The zero-order chi connectivity index (χ0) is 26.8. The number of halogens is 6. The van der Waals surface area contributed by atoms with E-state index in [1.165, 1.54) is 6.07 Å². The molecule has 2 N–H and O–H groups in total. The van der Waals surface area contributed by atoms with E-state index < -0.39 is 46.9 Å². The number of ether oxygens (including phenoxy) is 1. The van der Waals surface area contributed by atoms with E-state index >= 15 is 0 Å². The van der Waals surface area contributed by atoms with Gasteiger partial charge in [0.1, 0.15) is 11.4 Å². The Bertz CT molecular complexity index is 1150. The molecule has 0 radical (unpaired) electrons. The first-order valence-electron chi connectivity index (χ1n) is 11.5. The van der Waals surface area contributed by atoms with Crippen LogP contribution in [0.1, 0.15) is 30.4 Å². The third-order valence-electron chi connectivity index (χ3n) is 6.29. The van der Waals surface area contributed by atoms with E-state index in [9.17, 15) is 35.9 Å². The first kappa shape index (κ1) is 26.7. The lowest BCUT2D eigenvalue weighted by atomic mass is 10.1. The number of nitrogens with one attached hydrogen (secondary N) is 2. The number of aromatic amines is 1. The first-order valence-corrected chi connectivity index (χ1v) is 11.5. The van der Waals surface area contributed by atoms with Gasteiger partial charge in [-0.15, -0.1) is 0 Å². The van der Waals surface area contributed by atoms with Crippen LogP contribution in [0.3, 0.4) is 0 Å². The van der Waals surface area contributed by atoms with Gasteiger partial charge in [0.15, 0.2) is 0 Å². The minimum atomic E-state index is -4.85. The van der Waals surface area contributed by atoms with E-state index in [-0.39, 0.29) is 18.9 Å². The number of hydrogen-bond acceptors (Lipinski definition) is 7. The molecule has 0 bridgehead atoms. The summed E-state index contributed by atoms with van der Waals surface area (Å²) in [4.78, 5) is 31.6. The summed E-state index contributed by atoms with van der Waals surface area (Å²) in [6.07, 6.45) is -7.30. The first-order chi connectivity index (χ1) is 17.4. The number of nitrogens with zero attached hydrogens (tertiary/aromatic N) is 4. The molecule has 4 heterocycles. The van der Waals surface area contributed by atoms with Gasteiger partial charge >= 0.3 is 12.4 Å². The van der Waals surface area contributed by atoms with Crippen LogP contribution in [0.25, 0.3) is 0 Å². The van der Waals surface area contributed by atoms with Crippen molar-refractivity contribution in [1.82, 2.24) is 20.1 Å². The number of carbonyl (C=O) groups excluding carboxylic acids is 1. The summed E-state index contributed by atoms with van der Waals surface area (Å²) < 4.78 is 83.5. The smallest absolute Gasteiger partial charge is 0.380 e. The molecule has 2 aliphatic rings. The fourth-order valence-corrected chi connectivity index (χ4v) is 4.37. The van der Waals surface area contributed by atoms with Gasteiger partial charge in [0.05, 0.1) is 36.1 Å². The summed E-state index contributed by atoms with van der Waals surface area (Å²) in [6.45, 7) is 1.57. The van der Waals surface area contributed by atoms with E-state index in [2.05, 4.69) is 15.4 Å². The molecular weight excluding hydrogens is 510 g/mol. The second-order valence-electron chi connectivity index (χ2n) is 8.80. The van der Waals surface area contributed by atoms with E-state index in [0.29, 0.717) is 44.8 Å². The van der Waals surface area contributed by atoms with Crippen molar-refractivity contribution in [1.29, 1.82) is 0 Å². The number of rotatable bonds is 6. The third kappa shape index (κ3) is 6.50. The molecule has 0 saturated carbocycles. The van der Waals surface area contributed by atoms with Gasteiger partial charge in [0, 0.05) is 38.9 Å². The standard InChI is InChI=1S/C22H24F6N6O3/c23-21(24,25)13-1-4-17(30-10-13)33-5-7-34(8-6-33)18(35)9-14-2-3-15(37-14)11-29-16-12-31-32-20(36)19(16)22(26,27)28/h1,4,10,12,14-15H,2-3,5-9,11H2,(H2,29,32,36)/t14-,15-/m1/s1. The highest BCUT2D eigenvalue weighted by Gasteiger charge is 2.38. The number of alkyl halides is 6. The number of anilines is 2. The largest absolute Gasteiger partial charge is 0.423 e. The number of carbonyl (C=O) groups is 1. The van der Waals surface area contributed by atoms with Crippen molar-refractivity contribution in [3.8, 4) is 0 Å². The van der Waals surface area contributed by atoms with E-state index in [1.807, 2.05) is 0 Å². The molecule has 15 heteroatoms. The van der Waals surface area contributed by atoms with Gasteiger partial charge in [-0.25, -0.2) is 10.1 Å². The average Bonchev–Trinajstić information content (AvgIpc) is 3.28. The maximum absolute atomic E-state index is 13.2. The van der Waals surface area contributed by atoms with Crippen LogP contribution in [0.15, 0.2) is 29.3 Å². The molecule has 2 aromatic heterocycles. The number of piperazine rings is 1. The Balaban J connectivity index is 1.23. The molecule has 2 aromatic rings. The van der Waals surface area contributed by atoms with Crippen molar-refractivity contribution in [3.05, 3.63) is 46.0 Å². The van der Waals surface area contributed by atoms with Gasteiger partial charge in [-0.2, -0.15) is 31.4 Å². The highest BCUT2D eigenvalue weighted by atomic mass is 19.4. The minimum absolute atomic E-state index is 0.0116. The SMILES string of the molecule is O=C(C[C@H]1CC[C@H](CNc2cn[nH]c(=O)c2C(F)(F)F)O1)N1CCN(c2ccc(C(F)(F)F)cn2)CC1. The van der Waals surface area contributed by atoms with Crippen molar-refractivity contribution >= 4 is 17.4 Å². The molecular formula is C22H24F6N6O3. The fourth-order valence-electron chi connectivity index (χ4n) is 4.37. The van der Waals surface area contributed by atoms with Crippen molar-refractivity contribution in [3.63, 3.8) is 0 Å². The van der Waals surface area contributed by atoms with Gasteiger partial charge in [0.2, 0.25) is 5.91 Å². The molecule has 2 fully saturated rings. The van der Waals surface area contributed by atoms with Crippen LogP contribution < -0.4 is 15.8 Å². The zero-order valence-corrected chi connectivity index (χ0v) is 19.4. The molecule has 37 heavy (non-hydrogen) atoms. The summed E-state index contributed by atoms with van der Waals surface area (Å²) in [7, 11) is 0. The Morgan fingerprint density at radius 1 is 1.03 bits per heavy atom. The molecule has 2 aliphatic heterocycles. The Labute approximate surface area is 206 Å². The molecule has 2 atom stereocenters. The predicted octanol–water partition coefficient (Wildman–Crippen LogP) is 2.90. The van der Waals surface area contributed by atoms with Crippen molar-refractivity contribution < 1.29 is 35.9 Å². The summed E-state index contributed by atoms with van der Waals surface area (Å²) >= 11 is 0. The number of aromatic nitrogens is 3. The lowest BCUT2D eigenvalue weighted by Crippen LogP contribution is -2.49. The van der Waals surface area contributed by atoms with Gasteiger partial charge in [0.25, 0.3) is 5.56 Å². The number of H-pyrrole nitrogens is 1. The fraction of sp³-hybridized carbons (Fsp3) is 0.545. The highest BCUT2D eigenvalue weighted by molar-refractivity contribution is 5.77. The maximum atomic E-state index is 13.2. The van der Waals surface area contributed by atoms with E-state index in [1.54, 1.807) is 14.9 Å². The average molecular weight is 534 g/mol. The van der Waals surface area contributed by atoms with Crippen molar-refractivity contribution in [2.45, 2.75) is 43.8 Å². The van der Waals surface area contributed by atoms with E-state index in [4.69, 9.17) is 4.74 Å². The monoisotopic (exact) mass is 534 g/mol. The molecule has 4 rings (SSSR count). The quantitative estimate of drug-likeness (QED) is 0.550. The Hall–Kier alpha value is -3.36. The molecule has 0 aliphatic carbocycles. The normalized spacial score (nSPS) is 20.8. The zero-order valence-electron chi connectivity index (χ0n) is 19.4. The third-order valence-corrected chi connectivity index (χ3v) is 6.29. The van der Waals surface area contributed by atoms with Crippen LogP contribution >= 0.6 is 0 Å². The molecule has 1 amide bonds. The maximum Gasteiger partial charge on any atom is 0.423 e. The molecule has 9 nitrogen and oxygen atoms in total. The van der Waals surface area contributed by atoms with Crippen LogP contribution in [0.4, 0.5) is 37.8 Å². The second kappa shape index (κ2) is 10.6. The molecule has 0 spiro atoms.